The summed E-state index contributed by atoms with van der Waals surface area (Å²) in [5.41, 5.74) is 11.9. The number of nitrogens with one attached hydrogen (secondary N) is 2. The molecular formula is C18H25ClN8O2. The molecule has 11 heteroatoms. The van der Waals surface area contributed by atoms with Crippen LogP contribution in [0, 0.1) is 0 Å². The van der Waals surface area contributed by atoms with Crippen LogP contribution in [-0.2, 0) is 4.74 Å². The molecule has 0 saturated carbocycles. The fourth-order valence-electron chi connectivity index (χ4n) is 2.62. The molecule has 2 heterocycles. The van der Waals surface area contributed by atoms with Crippen molar-refractivity contribution in [2.24, 2.45) is 0 Å². The first-order valence-electron chi connectivity index (χ1n) is 9.10. The van der Waals surface area contributed by atoms with Crippen molar-refractivity contribution in [1.29, 1.82) is 0 Å². The number of nitrogens with zero attached hydrogens (tertiary/aromatic N) is 5. The van der Waals surface area contributed by atoms with Gasteiger partial charge < -0.3 is 20.3 Å². The van der Waals surface area contributed by atoms with Crippen molar-refractivity contribution >= 4 is 41.2 Å². The number of likely N-dealkylation sites (N-methyl/N-ethyl adjacent to an activating group) is 1. The molecule has 1 fully saturated rings. The molecule has 1 aromatic heterocycles. The number of hydrazine groups is 1. The van der Waals surface area contributed by atoms with Crippen LogP contribution in [0.25, 0.3) is 0 Å². The first-order valence-corrected chi connectivity index (χ1v) is 9.48. The molecule has 4 N–H and O–H groups in total. The summed E-state index contributed by atoms with van der Waals surface area (Å²) >= 11 is 5.97. The van der Waals surface area contributed by atoms with Gasteiger partial charge in [-0.05, 0) is 39.0 Å². The molecule has 0 spiro atoms. The Morgan fingerprint density at radius 2 is 2.00 bits per heavy atom. The van der Waals surface area contributed by atoms with Crippen LogP contribution in [0.3, 0.4) is 0 Å². The van der Waals surface area contributed by atoms with Crippen molar-refractivity contribution in [3.8, 4) is 0 Å². The Balaban J connectivity index is 1.59. The lowest BCUT2D eigenvalue weighted by molar-refractivity contribution is 0.0196. The van der Waals surface area contributed by atoms with Gasteiger partial charge in [0.25, 0.3) is 0 Å². The highest BCUT2D eigenvalue weighted by Crippen LogP contribution is 2.23. The number of halogens is 1. The van der Waals surface area contributed by atoms with E-state index in [4.69, 9.17) is 22.1 Å². The smallest absolute Gasteiger partial charge is 0.410 e. The molecule has 3 rings (SSSR count). The third-order valence-corrected chi connectivity index (χ3v) is 4.39. The van der Waals surface area contributed by atoms with Gasteiger partial charge in [0, 0.05) is 25.2 Å². The molecule has 1 saturated heterocycles. The predicted octanol–water partition coefficient (Wildman–Crippen LogP) is 2.60. The summed E-state index contributed by atoms with van der Waals surface area (Å²) < 4.78 is 5.40. The molecule has 0 unspecified atom stereocenters. The van der Waals surface area contributed by atoms with E-state index >= 15 is 0 Å². The number of benzene rings is 1. The first-order chi connectivity index (χ1) is 13.6. The fourth-order valence-corrected chi connectivity index (χ4v) is 2.81. The Hall–Kier alpha value is -3.01. The van der Waals surface area contributed by atoms with Crippen LogP contribution in [0.2, 0.25) is 5.02 Å². The van der Waals surface area contributed by atoms with Crippen LogP contribution in [0.5, 0.6) is 0 Å². The van der Waals surface area contributed by atoms with Crippen LogP contribution in [0.15, 0.2) is 24.3 Å². The third kappa shape index (κ3) is 5.50. The van der Waals surface area contributed by atoms with Gasteiger partial charge >= 0.3 is 6.09 Å². The zero-order chi connectivity index (χ0) is 21.2. The number of carbonyl (C=O) groups excluding carboxylic acids is 1. The number of nitrogen functional groups attached to an aromatic ring is 1. The number of hydrogen-bond donors (Lipinski definition) is 3. The summed E-state index contributed by atoms with van der Waals surface area (Å²) in [4.78, 5) is 28.3. The van der Waals surface area contributed by atoms with Crippen molar-refractivity contribution in [2.45, 2.75) is 32.4 Å². The van der Waals surface area contributed by atoms with Crippen LogP contribution >= 0.6 is 11.6 Å². The Kier molecular flexibility index (Phi) is 5.83. The van der Waals surface area contributed by atoms with Crippen LogP contribution < -0.4 is 21.5 Å². The minimum atomic E-state index is -0.534. The van der Waals surface area contributed by atoms with E-state index in [1.807, 2.05) is 37.8 Å². The molecule has 0 radical (unpaired) electrons. The van der Waals surface area contributed by atoms with E-state index in [-0.39, 0.29) is 24.0 Å². The Morgan fingerprint density at radius 1 is 1.28 bits per heavy atom. The molecule has 1 aromatic carbocycles. The highest BCUT2D eigenvalue weighted by atomic mass is 35.5. The van der Waals surface area contributed by atoms with Gasteiger partial charge in [-0.2, -0.15) is 15.0 Å². The summed E-state index contributed by atoms with van der Waals surface area (Å²) in [6.07, 6.45) is -0.356. The molecule has 29 heavy (non-hydrogen) atoms. The number of ether oxygens (including phenoxy) is 1. The van der Waals surface area contributed by atoms with Gasteiger partial charge in [0.2, 0.25) is 17.8 Å². The van der Waals surface area contributed by atoms with Crippen LogP contribution in [0.4, 0.5) is 28.3 Å². The molecule has 1 amide bonds. The average Bonchev–Trinajstić information content (AvgIpc) is 2.57. The Bertz CT molecular complexity index is 882. The lowest BCUT2D eigenvalue weighted by atomic mass is 10.1. The van der Waals surface area contributed by atoms with Crippen molar-refractivity contribution in [3.63, 3.8) is 0 Å². The maximum atomic E-state index is 12.2. The number of amides is 1. The standard InChI is InChI=1S/C18H25ClN8O2/c1-18(2,3)29-17(28)26(4)13-9-27(10-13)16-22-14(20)21-15(23-16)25-24-12-7-5-6-11(19)8-12/h5-8,13,24H,9-10H2,1-4H3,(H3,20,21,22,23,25). The number of carbonyl (C=O) groups is 1. The lowest BCUT2D eigenvalue weighted by Gasteiger charge is -2.43. The number of anilines is 4. The maximum Gasteiger partial charge on any atom is 0.410 e. The summed E-state index contributed by atoms with van der Waals surface area (Å²) in [5.74, 6) is 0.799. The molecule has 0 aliphatic carbocycles. The summed E-state index contributed by atoms with van der Waals surface area (Å²) in [5, 5.41) is 0.605. The predicted molar refractivity (Wildman–Crippen MR) is 113 cm³/mol. The Morgan fingerprint density at radius 3 is 2.66 bits per heavy atom. The minimum Gasteiger partial charge on any atom is -0.444 e. The molecule has 2 aromatic rings. The van der Waals surface area contributed by atoms with E-state index in [1.165, 1.54) is 0 Å². The average molecular weight is 421 g/mol. The highest BCUT2D eigenvalue weighted by molar-refractivity contribution is 6.30. The zero-order valence-electron chi connectivity index (χ0n) is 16.8. The zero-order valence-corrected chi connectivity index (χ0v) is 17.6. The summed E-state index contributed by atoms with van der Waals surface area (Å²) in [7, 11) is 1.72. The van der Waals surface area contributed by atoms with E-state index in [0.717, 1.165) is 5.69 Å². The SMILES string of the molecule is CN(C(=O)OC(C)(C)C)C1CN(c2nc(N)nc(NNc3cccc(Cl)c3)n2)C1. The molecular weight excluding hydrogens is 396 g/mol. The van der Waals surface area contributed by atoms with Crippen LogP contribution in [0.1, 0.15) is 20.8 Å². The van der Waals surface area contributed by atoms with E-state index in [2.05, 4.69) is 25.8 Å². The van der Waals surface area contributed by atoms with Gasteiger partial charge in [-0.25, -0.2) is 4.79 Å². The number of nitrogens with two attached hydrogens (primary N) is 1. The number of aromatic nitrogens is 3. The van der Waals surface area contributed by atoms with Gasteiger partial charge in [0.15, 0.2) is 0 Å². The molecule has 1 aliphatic rings. The largest absolute Gasteiger partial charge is 0.444 e. The topological polar surface area (TPSA) is 122 Å². The van der Waals surface area contributed by atoms with Gasteiger partial charge in [-0.1, -0.05) is 17.7 Å². The molecule has 0 atom stereocenters. The minimum absolute atomic E-state index is 0.00355. The molecule has 156 valence electrons. The van der Waals surface area contributed by atoms with Crippen molar-refractivity contribution < 1.29 is 9.53 Å². The second kappa shape index (κ2) is 8.16. The Labute approximate surface area is 174 Å². The van der Waals surface area contributed by atoms with E-state index < -0.39 is 5.60 Å². The van der Waals surface area contributed by atoms with Gasteiger partial charge in [-0.15, -0.1) is 0 Å². The third-order valence-electron chi connectivity index (χ3n) is 4.16. The number of hydrogen-bond acceptors (Lipinski definition) is 9. The second-order valence-corrected chi connectivity index (χ2v) is 8.16. The maximum absolute atomic E-state index is 12.2. The van der Waals surface area contributed by atoms with Crippen molar-refractivity contribution in [3.05, 3.63) is 29.3 Å². The van der Waals surface area contributed by atoms with Crippen LogP contribution in [-0.4, -0.2) is 57.7 Å². The fraction of sp³-hybridized carbons (Fsp3) is 0.444. The number of rotatable bonds is 5. The normalized spacial score (nSPS) is 14.2. The summed E-state index contributed by atoms with van der Waals surface area (Å²) in [6, 6.07) is 7.20. The quantitative estimate of drug-likeness (QED) is 0.626. The first kappa shape index (κ1) is 20.7. The van der Waals surface area contributed by atoms with E-state index in [9.17, 15) is 4.79 Å². The van der Waals surface area contributed by atoms with Crippen molar-refractivity contribution in [2.75, 3.05) is 41.6 Å². The van der Waals surface area contributed by atoms with Crippen molar-refractivity contribution in [1.82, 2.24) is 19.9 Å². The van der Waals surface area contributed by atoms with Gasteiger partial charge in [0.05, 0.1) is 11.7 Å². The highest BCUT2D eigenvalue weighted by Gasteiger charge is 2.36. The summed E-state index contributed by atoms with van der Waals surface area (Å²) in [6.45, 7) is 6.66. The monoisotopic (exact) mass is 420 g/mol. The molecule has 1 aliphatic heterocycles. The van der Waals surface area contributed by atoms with Gasteiger partial charge in [-0.3, -0.25) is 10.9 Å². The van der Waals surface area contributed by atoms with Gasteiger partial charge in [0.1, 0.15) is 5.60 Å². The van der Waals surface area contributed by atoms with E-state index in [1.54, 1.807) is 24.1 Å². The lowest BCUT2D eigenvalue weighted by Crippen LogP contribution is -2.60. The molecule has 0 bridgehead atoms. The molecule has 10 nitrogen and oxygen atoms in total. The van der Waals surface area contributed by atoms with E-state index in [0.29, 0.717) is 24.1 Å². The second-order valence-electron chi connectivity index (χ2n) is 7.73.